The van der Waals surface area contributed by atoms with Crippen molar-refractivity contribution >= 4 is 17.9 Å². The minimum absolute atomic E-state index is 0.208. The third-order valence-corrected chi connectivity index (χ3v) is 5.52. The lowest BCUT2D eigenvalue weighted by molar-refractivity contribution is -0.968. The molecular formula is C20H36NO6+. The number of unbranched alkanes of at least 4 members (excludes halogenated alkanes) is 5. The standard InChI is InChI=1S/C20H35NO6/c1-5-6-7-8-9-10-11-12-13-14-21(15(2)18(22)23,16(3)19(24)25)17(4)20(26)27/h7-8,15-17H,5-6,9-14H2,1-4H3,(H2-,22,23,24,25,26,27)/p+1/b8-7+. The Morgan fingerprint density at radius 1 is 0.741 bits per heavy atom. The molecule has 7 heteroatoms. The van der Waals surface area contributed by atoms with Gasteiger partial charge in [-0.15, -0.1) is 0 Å². The van der Waals surface area contributed by atoms with Crippen molar-refractivity contribution in [2.24, 2.45) is 0 Å². The second-order valence-corrected chi connectivity index (χ2v) is 7.22. The summed E-state index contributed by atoms with van der Waals surface area (Å²) >= 11 is 0. The molecule has 7 nitrogen and oxygen atoms in total. The van der Waals surface area contributed by atoms with Crippen LogP contribution in [0, 0.1) is 0 Å². The Bertz CT molecular complexity index is 466. The van der Waals surface area contributed by atoms with Gasteiger partial charge in [-0.25, -0.2) is 14.4 Å². The number of allylic oxidation sites excluding steroid dienone is 2. The highest BCUT2D eigenvalue weighted by atomic mass is 16.4. The lowest BCUT2D eigenvalue weighted by Gasteiger charge is -2.47. The summed E-state index contributed by atoms with van der Waals surface area (Å²) < 4.78 is -0.490. The second kappa shape index (κ2) is 12.5. The van der Waals surface area contributed by atoms with Crippen molar-refractivity contribution < 1.29 is 34.2 Å². The number of carboxylic acids is 3. The van der Waals surface area contributed by atoms with Crippen molar-refractivity contribution in [1.82, 2.24) is 0 Å². The van der Waals surface area contributed by atoms with Gasteiger partial charge in [-0.1, -0.05) is 31.9 Å². The van der Waals surface area contributed by atoms with Gasteiger partial charge in [-0.3, -0.25) is 4.48 Å². The number of aliphatic carboxylic acids is 3. The minimum atomic E-state index is -1.18. The van der Waals surface area contributed by atoms with Gasteiger partial charge in [0.25, 0.3) is 0 Å². The van der Waals surface area contributed by atoms with E-state index in [1.165, 1.54) is 20.8 Å². The van der Waals surface area contributed by atoms with Crippen LogP contribution < -0.4 is 0 Å². The van der Waals surface area contributed by atoms with Crippen LogP contribution in [0.5, 0.6) is 0 Å². The van der Waals surface area contributed by atoms with Crippen LogP contribution in [0.2, 0.25) is 0 Å². The molecule has 3 atom stereocenters. The van der Waals surface area contributed by atoms with Gasteiger partial charge in [0.1, 0.15) is 0 Å². The molecule has 0 aromatic heterocycles. The summed E-state index contributed by atoms with van der Waals surface area (Å²) in [6.07, 6.45) is 10.9. The van der Waals surface area contributed by atoms with Gasteiger partial charge in [0.15, 0.2) is 18.1 Å². The summed E-state index contributed by atoms with van der Waals surface area (Å²) in [5, 5.41) is 28.5. The Labute approximate surface area is 162 Å². The number of nitrogens with zero attached hydrogens (tertiary/aromatic N) is 1. The van der Waals surface area contributed by atoms with Gasteiger partial charge in [0, 0.05) is 0 Å². The Hall–Kier alpha value is -1.89. The second-order valence-electron chi connectivity index (χ2n) is 7.22. The molecule has 156 valence electrons. The van der Waals surface area contributed by atoms with Crippen LogP contribution in [0.3, 0.4) is 0 Å². The predicted molar refractivity (Wildman–Crippen MR) is 104 cm³/mol. The van der Waals surface area contributed by atoms with Crippen molar-refractivity contribution in [2.45, 2.75) is 90.8 Å². The fourth-order valence-electron chi connectivity index (χ4n) is 3.61. The molecule has 0 saturated carbocycles. The number of carboxylic acid groups (broad SMARTS) is 3. The largest absolute Gasteiger partial charge is 0.477 e. The van der Waals surface area contributed by atoms with Gasteiger partial charge in [-0.2, -0.15) is 0 Å². The Balaban J connectivity index is 5.11. The quantitative estimate of drug-likeness (QED) is 0.225. The smallest absolute Gasteiger partial charge is 0.362 e. The van der Waals surface area contributed by atoms with E-state index in [0.29, 0.717) is 6.42 Å². The van der Waals surface area contributed by atoms with Gasteiger partial charge >= 0.3 is 17.9 Å². The third-order valence-electron chi connectivity index (χ3n) is 5.52. The van der Waals surface area contributed by atoms with Crippen molar-refractivity contribution in [3.05, 3.63) is 12.2 Å². The summed E-state index contributed by atoms with van der Waals surface area (Å²) in [6.45, 7) is 6.54. The maximum Gasteiger partial charge on any atom is 0.362 e. The van der Waals surface area contributed by atoms with Crippen molar-refractivity contribution in [2.75, 3.05) is 6.54 Å². The Morgan fingerprint density at radius 2 is 1.15 bits per heavy atom. The van der Waals surface area contributed by atoms with E-state index in [-0.39, 0.29) is 6.54 Å². The number of hydrogen-bond donors (Lipinski definition) is 3. The highest BCUT2D eigenvalue weighted by Gasteiger charge is 2.52. The van der Waals surface area contributed by atoms with E-state index < -0.39 is 40.5 Å². The zero-order valence-electron chi connectivity index (χ0n) is 17.1. The van der Waals surface area contributed by atoms with Crippen LogP contribution in [-0.2, 0) is 14.4 Å². The molecule has 27 heavy (non-hydrogen) atoms. The molecule has 0 amide bonds. The molecule has 0 aliphatic carbocycles. The minimum Gasteiger partial charge on any atom is -0.477 e. The Morgan fingerprint density at radius 3 is 1.56 bits per heavy atom. The number of rotatable bonds is 15. The van der Waals surface area contributed by atoms with Crippen molar-refractivity contribution in [3.63, 3.8) is 0 Å². The van der Waals surface area contributed by atoms with Crippen LogP contribution in [0.4, 0.5) is 0 Å². The highest BCUT2D eigenvalue weighted by molar-refractivity contribution is 5.77. The fraction of sp³-hybridized carbons (Fsp3) is 0.750. The maximum absolute atomic E-state index is 11.7. The van der Waals surface area contributed by atoms with Crippen LogP contribution in [0.15, 0.2) is 12.2 Å². The van der Waals surface area contributed by atoms with Gasteiger partial charge in [0.05, 0.1) is 6.54 Å². The molecular weight excluding hydrogens is 350 g/mol. The summed E-state index contributed by atoms with van der Waals surface area (Å²) in [5.74, 6) is -3.55. The Kier molecular flexibility index (Phi) is 11.6. The third kappa shape index (κ3) is 7.33. The number of carbonyl (C=O) groups is 3. The first-order chi connectivity index (χ1) is 12.6. The highest BCUT2D eigenvalue weighted by Crippen LogP contribution is 2.27. The molecule has 0 saturated heterocycles. The van der Waals surface area contributed by atoms with Gasteiger partial charge in [0.2, 0.25) is 0 Å². The summed E-state index contributed by atoms with van der Waals surface area (Å²) in [6, 6.07) is -3.38. The fourth-order valence-corrected chi connectivity index (χ4v) is 3.61. The van der Waals surface area contributed by atoms with E-state index in [1.54, 1.807) is 0 Å². The monoisotopic (exact) mass is 386 g/mol. The summed E-state index contributed by atoms with van der Waals surface area (Å²) in [4.78, 5) is 35.0. The van der Waals surface area contributed by atoms with Crippen molar-refractivity contribution in [1.29, 1.82) is 0 Å². The number of quaternary nitrogens is 1. The van der Waals surface area contributed by atoms with Crippen molar-refractivity contribution in [3.8, 4) is 0 Å². The first-order valence-electron chi connectivity index (χ1n) is 9.83. The summed E-state index contributed by atoms with van der Waals surface area (Å²) in [7, 11) is 0. The molecule has 0 heterocycles. The predicted octanol–water partition coefficient (Wildman–Crippen LogP) is 3.53. The maximum atomic E-state index is 11.7. The first-order valence-corrected chi connectivity index (χ1v) is 9.83. The van der Waals surface area contributed by atoms with E-state index >= 15 is 0 Å². The molecule has 0 rings (SSSR count). The van der Waals surface area contributed by atoms with Crippen LogP contribution in [0.25, 0.3) is 0 Å². The zero-order chi connectivity index (χ0) is 21.0. The van der Waals surface area contributed by atoms with E-state index in [9.17, 15) is 29.7 Å². The zero-order valence-corrected chi connectivity index (χ0v) is 17.1. The molecule has 0 spiro atoms. The average molecular weight is 387 g/mol. The van der Waals surface area contributed by atoms with E-state index in [0.717, 1.165) is 38.5 Å². The molecule has 3 N–H and O–H groups in total. The van der Waals surface area contributed by atoms with Gasteiger partial charge < -0.3 is 15.3 Å². The average Bonchev–Trinajstić information content (AvgIpc) is 2.61. The molecule has 3 unspecified atom stereocenters. The van der Waals surface area contributed by atoms with Gasteiger partial charge in [-0.05, 0) is 52.9 Å². The lowest BCUT2D eigenvalue weighted by Crippen LogP contribution is -2.70. The summed E-state index contributed by atoms with van der Waals surface area (Å²) in [5.41, 5.74) is 0. The topological polar surface area (TPSA) is 112 Å². The van der Waals surface area contributed by atoms with Crippen LogP contribution in [0.1, 0.15) is 72.6 Å². The van der Waals surface area contributed by atoms with Crippen LogP contribution >= 0.6 is 0 Å². The molecule has 0 bridgehead atoms. The van der Waals surface area contributed by atoms with E-state index in [1.807, 2.05) is 0 Å². The lowest BCUT2D eigenvalue weighted by atomic mass is 10.00. The van der Waals surface area contributed by atoms with E-state index in [2.05, 4.69) is 19.1 Å². The van der Waals surface area contributed by atoms with E-state index in [4.69, 9.17) is 0 Å². The molecule has 0 aromatic rings. The molecule has 0 aromatic carbocycles. The molecule has 0 aliphatic heterocycles. The SMILES string of the molecule is CCC/C=C/CCCCCC[N+](C(C)C(=O)O)(C(C)C(=O)O)C(C)C(=O)O. The molecule has 0 fully saturated rings. The first kappa shape index (κ1) is 25.1. The number of hydrogen-bond acceptors (Lipinski definition) is 3. The molecule has 0 radical (unpaired) electrons. The normalized spacial score (nSPS) is 17.2. The molecule has 0 aliphatic rings. The van der Waals surface area contributed by atoms with Crippen LogP contribution in [-0.4, -0.2) is 62.4 Å².